The molecule has 0 aliphatic carbocycles. The number of allylic oxidation sites excluding steroid dienone is 1. The first-order valence-electron chi connectivity index (χ1n) is 6.66. The number of amides is 1. The summed E-state index contributed by atoms with van der Waals surface area (Å²) in [5.74, 6) is -0.269. The topological polar surface area (TPSA) is 55.8 Å². The minimum absolute atomic E-state index is 0.0482. The van der Waals surface area contributed by atoms with Crippen LogP contribution in [0.25, 0.3) is 5.57 Å². The smallest absolute Gasteiger partial charge is 0.344 e. The Kier molecular flexibility index (Phi) is 5.96. The number of rotatable bonds is 5. The van der Waals surface area contributed by atoms with Crippen LogP contribution in [0.5, 0.6) is 5.75 Å². The average Bonchev–Trinajstić information content (AvgIpc) is 2.47. The molecule has 5 heteroatoms. The van der Waals surface area contributed by atoms with Gasteiger partial charge in [0, 0.05) is 14.1 Å². The van der Waals surface area contributed by atoms with Crippen molar-refractivity contribution >= 4 is 17.4 Å². The van der Waals surface area contributed by atoms with Crippen molar-refractivity contribution in [3.05, 3.63) is 35.4 Å². The summed E-state index contributed by atoms with van der Waals surface area (Å²) in [4.78, 5) is 25.7. The third-order valence-corrected chi connectivity index (χ3v) is 3.00. The maximum atomic E-state index is 12.2. The van der Waals surface area contributed by atoms with Crippen LogP contribution in [0.15, 0.2) is 29.8 Å². The number of nitrogens with zero attached hydrogens (tertiary/aromatic N) is 1. The van der Waals surface area contributed by atoms with E-state index in [1.165, 1.54) is 4.90 Å². The molecule has 0 spiro atoms. The van der Waals surface area contributed by atoms with Gasteiger partial charge in [-0.25, -0.2) is 4.79 Å². The van der Waals surface area contributed by atoms with Crippen LogP contribution in [0.4, 0.5) is 0 Å². The molecule has 0 atom stereocenters. The van der Waals surface area contributed by atoms with E-state index in [-0.39, 0.29) is 18.1 Å². The van der Waals surface area contributed by atoms with E-state index in [1.807, 2.05) is 0 Å². The van der Waals surface area contributed by atoms with E-state index < -0.39 is 5.97 Å². The summed E-state index contributed by atoms with van der Waals surface area (Å²) < 4.78 is 10.1. The van der Waals surface area contributed by atoms with E-state index in [9.17, 15) is 9.59 Å². The molecule has 0 unspecified atom stereocenters. The minimum atomic E-state index is -0.607. The lowest BCUT2D eigenvalue weighted by molar-refractivity contribution is -0.141. The van der Waals surface area contributed by atoms with Crippen LogP contribution in [0.1, 0.15) is 19.4 Å². The Bertz CT molecular complexity index is 544. The number of hydrogen-bond acceptors (Lipinski definition) is 4. The summed E-state index contributed by atoms with van der Waals surface area (Å²) in [5, 5.41) is 0. The highest BCUT2D eigenvalue weighted by atomic mass is 16.5. The van der Waals surface area contributed by atoms with Crippen LogP contribution in [0.2, 0.25) is 0 Å². The van der Waals surface area contributed by atoms with Gasteiger partial charge in [-0.05, 0) is 37.1 Å². The van der Waals surface area contributed by atoms with Gasteiger partial charge in [0.15, 0.2) is 0 Å². The molecule has 0 aromatic heterocycles. The summed E-state index contributed by atoms with van der Waals surface area (Å²) in [7, 11) is 4.78. The number of hydrogen-bond donors (Lipinski definition) is 0. The third kappa shape index (κ3) is 4.08. The first-order chi connectivity index (χ1) is 9.92. The first kappa shape index (κ1) is 16.8. The van der Waals surface area contributed by atoms with E-state index >= 15 is 0 Å². The Balaban J connectivity index is 3.30. The van der Waals surface area contributed by atoms with Gasteiger partial charge in [-0.1, -0.05) is 12.1 Å². The van der Waals surface area contributed by atoms with Gasteiger partial charge in [-0.15, -0.1) is 0 Å². The van der Waals surface area contributed by atoms with E-state index in [2.05, 4.69) is 0 Å². The molecule has 0 aliphatic rings. The number of carbonyl (C=O) groups excluding carboxylic acids is 2. The highest BCUT2D eigenvalue weighted by Crippen LogP contribution is 2.23. The molecule has 0 saturated carbocycles. The van der Waals surface area contributed by atoms with E-state index in [0.717, 1.165) is 5.56 Å². The van der Waals surface area contributed by atoms with Crippen molar-refractivity contribution in [2.45, 2.75) is 13.8 Å². The Labute approximate surface area is 125 Å². The predicted molar refractivity (Wildman–Crippen MR) is 80.9 cm³/mol. The molecule has 0 heterocycles. The molecule has 5 nitrogen and oxygen atoms in total. The lowest BCUT2D eigenvalue weighted by Gasteiger charge is -2.15. The van der Waals surface area contributed by atoms with Crippen molar-refractivity contribution < 1.29 is 19.1 Å². The first-order valence-corrected chi connectivity index (χ1v) is 6.66. The lowest BCUT2D eigenvalue weighted by atomic mass is 10.0. The van der Waals surface area contributed by atoms with Crippen LogP contribution < -0.4 is 4.74 Å². The summed E-state index contributed by atoms with van der Waals surface area (Å²) in [6.45, 7) is 3.66. The summed E-state index contributed by atoms with van der Waals surface area (Å²) in [6.07, 6.45) is 0. The summed E-state index contributed by atoms with van der Waals surface area (Å²) >= 11 is 0. The number of ether oxygens (including phenoxy) is 2. The summed E-state index contributed by atoms with van der Waals surface area (Å²) in [5.41, 5.74) is 1.40. The molecule has 1 aromatic carbocycles. The van der Waals surface area contributed by atoms with Crippen molar-refractivity contribution in [2.75, 3.05) is 27.8 Å². The predicted octanol–water partition coefficient (Wildman–Crippen LogP) is 2.12. The zero-order valence-corrected chi connectivity index (χ0v) is 13.1. The minimum Gasteiger partial charge on any atom is -0.497 e. The van der Waals surface area contributed by atoms with Gasteiger partial charge in [-0.2, -0.15) is 0 Å². The van der Waals surface area contributed by atoms with Crippen molar-refractivity contribution in [3.63, 3.8) is 0 Å². The molecule has 0 bridgehead atoms. The standard InChI is InChI=1S/C16H21NO4/c1-6-21-16(19)14(15(18)17(3)4)11(2)12-7-9-13(20-5)10-8-12/h7-10H,6H2,1-5H3/b14-11+. The third-order valence-electron chi connectivity index (χ3n) is 3.00. The van der Waals surface area contributed by atoms with Crippen molar-refractivity contribution in [3.8, 4) is 5.75 Å². The van der Waals surface area contributed by atoms with Gasteiger partial charge in [-0.3, -0.25) is 4.79 Å². The molecular formula is C16H21NO4. The van der Waals surface area contributed by atoms with Crippen molar-refractivity contribution in [1.82, 2.24) is 4.90 Å². The fraction of sp³-hybridized carbons (Fsp3) is 0.375. The van der Waals surface area contributed by atoms with Crippen LogP contribution in [0, 0.1) is 0 Å². The number of methoxy groups -OCH3 is 1. The van der Waals surface area contributed by atoms with E-state index in [1.54, 1.807) is 59.3 Å². The molecule has 1 aromatic rings. The number of esters is 1. The zero-order chi connectivity index (χ0) is 16.0. The van der Waals surface area contributed by atoms with Crippen LogP contribution >= 0.6 is 0 Å². The highest BCUT2D eigenvalue weighted by Gasteiger charge is 2.24. The molecule has 0 radical (unpaired) electrons. The van der Waals surface area contributed by atoms with Gasteiger partial charge >= 0.3 is 5.97 Å². The van der Waals surface area contributed by atoms with Crippen LogP contribution in [0.3, 0.4) is 0 Å². The van der Waals surface area contributed by atoms with Gasteiger partial charge in [0.1, 0.15) is 11.3 Å². The zero-order valence-electron chi connectivity index (χ0n) is 13.1. The number of carbonyl (C=O) groups is 2. The van der Waals surface area contributed by atoms with E-state index in [4.69, 9.17) is 9.47 Å². The van der Waals surface area contributed by atoms with Crippen LogP contribution in [-0.2, 0) is 14.3 Å². The Morgan fingerprint density at radius 3 is 2.14 bits per heavy atom. The normalized spacial score (nSPS) is 11.5. The van der Waals surface area contributed by atoms with Crippen LogP contribution in [-0.4, -0.2) is 44.6 Å². The fourth-order valence-electron chi connectivity index (χ4n) is 1.81. The monoisotopic (exact) mass is 291 g/mol. The molecule has 0 fully saturated rings. The maximum Gasteiger partial charge on any atom is 0.344 e. The Hall–Kier alpha value is -2.30. The van der Waals surface area contributed by atoms with Gasteiger partial charge in [0.05, 0.1) is 13.7 Å². The van der Waals surface area contributed by atoms with Gasteiger partial charge < -0.3 is 14.4 Å². The molecule has 0 aliphatic heterocycles. The highest BCUT2D eigenvalue weighted by molar-refractivity contribution is 6.21. The molecule has 1 rings (SSSR count). The Morgan fingerprint density at radius 1 is 1.14 bits per heavy atom. The van der Waals surface area contributed by atoms with Gasteiger partial charge in [0.2, 0.25) is 0 Å². The quantitative estimate of drug-likeness (QED) is 0.361. The molecule has 1 amide bonds. The SMILES string of the molecule is CCOC(=O)/C(C(=O)N(C)C)=C(\C)c1ccc(OC)cc1. The van der Waals surface area contributed by atoms with Crippen molar-refractivity contribution in [2.24, 2.45) is 0 Å². The Morgan fingerprint density at radius 2 is 1.71 bits per heavy atom. The number of benzene rings is 1. The molecule has 21 heavy (non-hydrogen) atoms. The second-order valence-electron chi connectivity index (χ2n) is 4.65. The van der Waals surface area contributed by atoms with Crippen molar-refractivity contribution in [1.29, 1.82) is 0 Å². The summed E-state index contributed by atoms with van der Waals surface area (Å²) in [6, 6.07) is 7.16. The fourth-order valence-corrected chi connectivity index (χ4v) is 1.81. The molecule has 0 N–H and O–H groups in total. The molecular weight excluding hydrogens is 270 g/mol. The largest absolute Gasteiger partial charge is 0.497 e. The lowest BCUT2D eigenvalue weighted by Crippen LogP contribution is -2.29. The maximum absolute atomic E-state index is 12.2. The molecule has 114 valence electrons. The second kappa shape index (κ2) is 7.47. The van der Waals surface area contributed by atoms with Gasteiger partial charge in [0.25, 0.3) is 5.91 Å². The molecule has 0 saturated heterocycles. The number of likely N-dealkylation sites (N-methyl/N-ethyl adjacent to an activating group) is 1. The van der Waals surface area contributed by atoms with E-state index in [0.29, 0.717) is 11.3 Å². The average molecular weight is 291 g/mol. The second-order valence-corrected chi connectivity index (χ2v) is 4.65.